The molecule has 1 aliphatic carbocycles. The smallest absolute Gasteiger partial charge is 0.108 e. The highest BCUT2D eigenvalue weighted by Crippen LogP contribution is 2.50. The summed E-state index contributed by atoms with van der Waals surface area (Å²) in [4.78, 5) is 0. The van der Waals surface area contributed by atoms with Crippen LogP contribution in [0.3, 0.4) is 0 Å². The van der Waals surface area contributed by atoms with Gasteiger partial charge in [-0.05, 0) is 54.5 Å². The van der Waals surface area contributed by atoms with Crippen molar-refractivity contribution in [2.75, 3.05) is 0 Å². The summed E-state index contributed by atoms with van der Waals surface area (Å²) in [6.07, 6.45) is 4.46. The largest absolute Gasteiger partial charge is 0.384 e. The summed E-state index contributed by atoms with van der Waals surface area (Å²) in [5, 5.41) is 15.3. The Morgan fingerprint density at radius 1 is 1.41 bits per heavy atom. The second-order valence-electron chi connectivity index (χ2n) is 6.25. The maximum Gasteiger partial charge on any atom is 0.108 e. The number of hydrogen-bond donors (Lipinski definition) is 1. The van der Waals surface area contributed by atoms with Crippen LogP contribution in [0.25, 0.3) is 0 Å². The molecule has 1 atom stereocenters. The van der Waals surface area contributed by atoms with Crippen molar-refractivity contribution >= 4 is 15.9 Å². The summed E-state index contributed by atoms with van der Waals surface area (Å²) in [6.45, 7) is 8.61. The second-order valence-corrected chi connectivity index (χ2v) is 7.11. The van der Waals surface area contributed by atoms with Crippen molar-refractivity contribution in [2.24, 2.45) is 5.41 Å². The molecule has 0 aromatic carbocycles. The standard InChI is InChI=1S/C13H21BrN2O/c1-9(2)16-11(10(14)7-15-16)13(17)6-5-12(3,4)8-13/h7,9,17H,5-6,8H2,1-4H3. The minimum atomic E-state index is -0.733. The molecular weight excluding hydrogens is 280 g/mol. The molecule has 0 amide bonds. The van der Waals surface area contributed by atoms with Gasteiger partial charge in [0.25, 0.3) is 0 Å². The molecule has 1 heterocycles. The van der Waals surface area contributed by atoms with Crippen LogP contribution in [0.5, 0.6) is 0 Å². The highest BCUT2D eigenvalue weighted by molar-refractivity contribution is 9.10. The first-order chi connectivity index (χ1) is 7.75. The third kappa shape index (κ3) is 2.29. The molecule has 0 saturated heterocycles. The van der Waals surface area contributed by atoms with E-state index in [9.17, 15) is 5.11 Å². The van der Waals surface area contributed by atoms with E-state index in [1.54, 1.807) is 6.20 Å². The van der Waals surface area contributed by atoms with E-state index in [0.29, 0.717) is 0 Å². The minimum absolute atomic E-state index is 0.209. The Kier molecular flexibility index (Phi) is 3.15. The summed E-state index contributed by atoms with van der Waals surface area (Å²) in [5.41, 5.74) is 0.418. The normalized spacial score (nSPS) is 27.9. The number of halogens is 1. The first kappa shape index (κ1) is 13.1. The van der Waals surface area contributed by atoms with E-state index >= 15 is 0 Å². The van der Waals surface area contributed by atoms with Crippen LogP contribution in [0.4, 0.5) is 0 Å². The van der Waals surface area contributed by atoms with Crippen molar-refractivity contribution in [1.29, 1.82) is 0 Å². The zero-order chi connectivity index (χ0) is 12.8. The Labute approximate surface area is 111 Å². The molecule has 1 fully saturated rings. The first-order valence-electron chi connectivity index (χ1n) is 6.21. The van der Waals surface area contributed by atoms with Gasteiger partial charge in [-0.15, -0.1) is 0 Å². The molecule has 1 aliphatic rings. The molecule has 0 spiro atoms. The van der Waals surface area contributed by atoms with Crippen LogP contribution < -0.4 is 0 Å². The average Bonchev–Trinajstić information content (AvgIpc) is 2.68. The van der Waals surface area contributed by atoms with E-state index in [1.807, 2.05) is 4.68 Å². The molecular formula is C13H21BrN2O. The maximum atomic E-state index is 10.9. The van der Waals surface area contributed by atoms with Gasteiger partial charge in [-0.3, -0.25) is 4.68 Å². The van der Waals surface area contributed by atoms with Crippen molar-refractivity contribution < 1.29 is 5.11 Å². The maximum absolute atomic E-state index is 10.9. The zero-order valence-electron chi connectivity index (χ0n) is 11.0. The van der Waals surface area contributed by atoms with E-state index in [1.165, 1.54) is 0 Å². The van der Waals surface area contributed by atoms with Gasteiger partial charge in [-0.25, -0.2) is 0 Å². The molecule has 1 unspecified atom stereocenters. The molecule has 1 aromatic rings. The van der Waals surface area contributed by atoms with Crippen molar-refractivity contribution in [2.45, 2.75) is 58.6 Å². The molecule has 1 saturated carbocycles. The summed E-state index contributed by atoms with van der Waals surface area (Å²) in [5.74, 6) is 0. The highest BCUT2D eigenvalue weighted by atomic mass is 79.9. The average molecular weight is 301 g/mol. The van der Waals surface area contributed by atoms with Gasteiger partial charge in [0.05, 0.1) is 16.4 Å². The van der Waals surface area contributed by atoms with E-state index in [-0.39, 0.29) is 11.5 Å². The fraction of sp³-hybridized carbons (Fsp3) is 0.769. The topological polar surface area (TPSA) is 38.0 Å². The van der Waals surface area contributed by atoms with Crippen LogP contribution in [0, 0.1) is 5.41 Å². The molecule has 0 aliphatic heterocycles. The minimum Gasteiger partial charge on any atom is -0.384 e. The summed E-state index contributed by atoms with van der Waals surface area (Å²) in [7, 11) is 0. The van der Waals surface area contributed by atoms with E-state index in [2.05, 4.69) is 48.7 Å². The Balaban J connectivity index is 2.44. The molecule has 17 heavy (non-hydrogen) atoms. The predicted molar refractivity (Wildman–Crippen MR) is 71.8 cm³/mol. The van der Waals surface area contributed by atoms with Crippen LogP contribution in [0.2, 0.25) is 0 Å². The zero-order valence-corrected chi connectivity index (χ0v) is 12.6. The molecule has 4 heteroatoms. The summed E-state index contributed by atoms with van der Waals surface area (Å²) in [6, 6.07) is 0.268. The number of aromatic nitrogens is 2. The van der Waals surface area contributed by atoms with Gasteiger partial charge >= 0.3 is 0 Å². The lowest BCUT2D eigenvalue weighted by molar-refractivity contribution is 0.0229. The van der Waals surface area contributed by atoms with Crippen LogP contribution in [0.15, 0.2) is 10.7 Å². The number of aliphatic hydroxyl groups is 1. The molecule has 2 rings (SSSR count). The fourth-order valence-electron chi connectivity index (χ4n) is 2.88. The van der Waals surface area contributed by atoms with Crippen LogP contribution in [0.1, 0.15) is 58.7 Å². The Morgan fingerprint density at radius 2 is 2.06 bits per heavy atom. The lowest BCUT2D eigenvalue weighted by atomic mass is 9.88. The van der Waals surface area contributed by atoms with Gasteiger partial charge < -0.3 is 5.11 Å². The number of hydrogen-bond acceptors (Lipinski definition) is 2. The number of nitrogens with zero attached hydrogens (tertiary/aromatic N) is 2. The molecule has 1 aromatic heterocycles. The van der Waals surface area contributed by atoms with Crippen molar-refractivity contribution in [1.82, 2.24) is 9.78 Å². The molecule has 0 bridgehead atoms. The van der Waals surface area contributed by atoms with Gasteiger partial charge in [-0.2, -0.15) is 5.10 Å². The Morgan fingerprint density at radius 3 is 2.53 bits per heavy atom. The van der Waals surface area contributed by atoms with Crippen molar-refractivity contribution in [3.05, 3.63) is 16.4 Å². The van der Waals surface area contributed by atoms with E-state index < -0.39 is 5.60 Å². The molecule has 96 valence electrons. The van der Waals surface area contributed by atoms with Gasteiger partial charge in [0, 0.05) is 6.04 Å². The van der Waals surface area contributed by atoms with Crippen molar-refractivity contribution in [3.8, 4) is 0 Å². The van der Waals surface area contributed by atoms with Gasteiger partial charge in [0.1, 0.15) is 5.60 Å². The predicted octanol–water partition coefficient (Wildman–Crippen LogP) is 3.62. The highest BCUT2D eigenvalue weighted by Gasteiger charge is 2.46. The Hall–Kier alpha value is -0.350. The van der Waals surface area contributed by atoms with Crippen molar-refractivity contribution in [3.63, 3.8) is 0 Å². The SMILES string of the molecule is CC(C)n1ncc(Br)c1C1(O)CCC(C)(C)C1. The number of rotatable bonds is 2. The van der Waals surface area contributed by atoms with Crippen LogP contribution >= 0.6 is 15.9 Å². The fourth-order valence-corrected chi connectivity index (χ4v) is 3.53. The third-order valence-electron chi connectivity index (χ3n) is 3.67. The third-order valence-corrected chi connectivity index (χ3v) is 4.25. The summed E-state index contributed by atoms with van der Waals surface area (Å²) >= 11 is 3.52. The molecule has 0 radical (unpaired) electrons. The van der Waals surface area contributed by atoms with Gasteiger partial charge in [0.15, 0.2) is 0 Å². The monoisotopic (exact) mass is 300 g/mol. The molecule has 3 nitrogen and oxygen atoms in total. The van der Waals surface area contributed by atoms with Gasteiger partial charge in [-0.1, -0.05) is 13.8 Å². The summed E-state index contributed by atoms with van der Waals surface area (Å²) < 4.78 is 2.86. The second kappa shape index (κ2) is 4.09. The van der Waals surface area contributed by atoms with Crippen LogP contribution in [-0.4, -0.2) is 14.9 Å². The van der Waals surface area contributed by atoms with Crippen LogP contribution in [-0.2, 0) is 5.60 Å². The lowest BCUT2D eigenvalue weighted by Crippen LogP contribution is -2.28. The van der Waals surface area contributed by atoms with Gasteiger partial charge in [0.2, 0.25) is 0 Å². The quantitative estimate of drug-likeness (QED) is 0.906. The van der Waals surface area contributed by atoms with E-state index in [0.717, 1.165) is 29.4 Å². The van der Waals surface area contributed by atoms with E-state index in [4.69, 9.17) is 0 Å². The molecule has 1 N–H and O–H groups in total. The Bertz CT molecular complexity index is 425. The lowest BCUT2D eigenvalue weighted by Gasteiger charge is -2.27. The first-order valence-corrected chi connectivity index (χ1v) is 7.00.